The van der Waals surface area contributed by atoms with Crippen LogP contribution >= 0.6 is 0 Å². The van der Waals surface area contributed by atoms with Crippen LogP contribution in [0.2, 0.25) is 0 Å². The SMILES string of the molecule is COC(=O)c1ccc([C@H](C)NC(=O)C2(c3cccc(OCc4ccccc4)c3)CCCC2)cc1. The molecule has 0 aliphatic heterocycles. The molecule has 5 heteroatoms. The molecule has 0 saturated heterocycles. The maximum atomic E-state index is 13.6. The molecule has 1 saturated carbocycles. The molecule has 0 radical (unpaired) electrons. The summed E-state index contributed by atoms with van der Waals surface area (Å²) in [5, 5.41) is 3.22. The van der Waals surface area contributed by atoms with Gasteiger partial charge in [0.25, 0.3) is 0 Å². The van der Waals surface area contributed by atoms with E-state index in [-0.39, 0.29) is 17.9 Å². The van der Waals surface area contributed by atoms with Gasteiger partial charge in [0.05, 0.1) is 24.1 Å². The van der Waals surface area contributed by atoms with Crippen molar-refractivity contribution in [3.63, 3.8) is 0 Å². The van der Waals surface area contributed by atoms with Gasteiger partial charge in [-0.05, 0) is 60.7 Å². The Morgan fingerprint density at radius 1 is 0.941 bits per heavy atom. The molecule has 3 aromatic rings. The van der Waals surface area contributed by atoms with Crippen molar-refractivity contribution in [2.45, 2.75) is 50.7 Å². The van der Waals surface area contributed by atoms with E-state index in [4.69, 9.17) is 9.47 Å². The van der Waals surface area contributed by atoms with Crippen LogP contribution in [0.3, 0.4) is 0 Å². The van der Waals surface area contributed by atoms with Gasteiger partial charge in [-0.25, -0.2) is 4.79 Å². The van der Waals surface area contributed by atoms with Crippen molar-refractivity contribution in [3.05, 3.63) is 101 Å². The van der Waals surface area contributed by atoms with Crippen molar-refractivity contribution in [2.75, 3.05) is 7.11 Å². The van der Waals surface area contributed by atoms with Crippen molar-refractivity contribution in [3.8, 4) is 5.75 Å². The van der Waals surface area contributed by atoms with E-state index in [2.05, 4.69) is 5.32 Å². The predicted octanol–water partition coefficient (Wildman–Crippen LogP) is 5.74. The minimum Gasteiger partial charge on any atom is -0.489 e. The lowest BCUT2D eigenvalue weighted by atomic mass is 9.77. The fraction of sp³-hybridized carbons (Fsp3) is 0.310. The first-order valence-electron chi connectivity index (χ1n) is 11.8. The maximum absolute atomic E-state index is 13.6. The number of rotatable bonds is 8. The fourth-order valence-electron chi connectivity index (χ4n) is 4.69. The third-order valence-corrected chi connectivity index (χ3v) is 6.71. The van der Waals surface area contributed by atoms with Crippen molar-refractivity contribution in [2.24, 2.45) is 0 Å². The topological polar surface area (TPSA) is 64.6 Å². The van der Waals surface area contributed by atoms with Crippen LogP contribution in [-0.2, 0) is 21.6 Å². The van der Waals surface area contributed by atoms with Crippen LogP contribution < -0.4 is 10.1 Å². The summed E-state index contributed by atoms with van der Waals surface area (Å²) in [6.45, 7) is 2.45. The highest BCUT2D eigenvalue weighted by molar-refractivity contribution is 5.90. The van der Waals surface area contributed by atoms with Crippen LogP contribution in [0.15, 0.2) is 78.9 Å². The van der Waals surface area contributed by atoms with E-state index in [9.17, 15) is 9.59 Å². The lowest BCUT2D eigenvalue weighted by Gasteiger charge is -2.30. The molecule has 0 aromatic heterocycles. The van der Waals surface area contributed by atoms with Crippen LogP contribution in [0.25, 0.3) is 0 Å². The van der Waals surface area contributed by atoms with Gasteiger partial charge in [-0.2, -0.15) is 0 Å². The Bertz CT molecular complexity index is 1120. The van der Waals surface area contributed by atoms with Gasteiger partial charge < -0.3 is 14.8 Å². The Labute approximate surface area is 201 Å². The Morgan fingerprint density at radius 3 is 2.32 bits per heavy atom. The molecule has 1 aliphatic carbocycles. The third kappa shape index (κ3) is 5.14. The summed E-state index contributed by atoms with van der Waals surface area (Å²) in [5.74, 6) is 0.434. The second-order valence-corrected chi connectivity index (χ2v) is 8.90. The van der Waals surface area contributed by atoms with Crippen molar-refractivity contribution < 1.29 is 19.1 Å². The first kappa shape index (κ1) is 23.6. The molecule has 1 fully saturated rings. The molecule has 1 amide bonds. The van der Waals surface area contributed by atoms with E-state index >= 15 is 0 Å². The van der Waals surface area contributed by atoms with Crippen molar-refractivity contribution in [1.82, 2.24) is 5.32 Å². The number of hydrogen-bond acceptors (Lipinski definition) is 4. The van der Waals surface area contributed by atoms with Gasteiger partial charge in [0.15, 0.2) is 0 Å². The summed E-state index contributed by atoms with van der Waals surface area (Å²) in [7, 11) is 1.36. The summed E-state index contributed by atoms with van der Waals surface area (Å²) in [6.07, 6.45) is 3.67. The summed E-state index contributed by atoms with van der Waals surface area (Å²) in [4.78, 5) is 25.3. The van der Waals surface area contributed by atoms with Gasteiger partial charge in [-0.15, -0.1) is 0 Å². The molecular formula is C29H31NO4. The number of ether oxygens (including phenoxy) is 2. The van der Waals surface area contributed by atoms with Gasteiger partial charge in [0.1, 0.15) is 12.4 Å². The zero-order valence-electron chi connectivity index (χ0n) is 19.8. The van der Waals surface area contributed by atoms with Crippen molar-refractivity contribution in [1.29, 1.82) is 0 Å². The Morgan fingerprint density at radius 2 is 1.65 bits per heavy atom. The lowest BCUT2D eigenvalue weighted by molar-refractivity contribution is -0.127. The van der Waals surface area contributed by atoms with Gasteiger partial charge in [0, 0.05) is 0 Å². The number of benzene rings is 3. The molecule has 5 nitrogen and oxygen atoms in total. The minimum absolute atomic E-state index is 0.0368. The van der Waals surface area contributed by atoms with Crippen molar-refractivity contribution >= 4 is 11.9 Å². The number of carbonyl (C=O) groups excluding carboxylic acids is 2. The zero-order valence-corrected chi connectivity index (χ0v) is 19.8. The molecule has 0 bridgehead atoms. The van der Waals surface area contributed by atoms with Crippen LogP contribution in [-0.4, -0.2) is 19.0 Å². The molecule has 34 heavy (non-hydrogen) atoms. The van der Waals surface area contributed by atoms with Gasteiger partial charge in [0.2, 0.25) is 5.91 Å². The summed E-state index contributed by atoms with van der Waals surface area (Å²) in [6, 6.07) is 25.0. The van der Waals surface area contributed by atoms with E-state index in [1.807, 2.05) is 73.7 Å². The van der Waals surface area contributed by atoms with E-state index in [1.165, 1.54) is 7.11 Å². The minimum atomic E-state index is -0.563. The van der Waals surface area contributed by atoms with Crippen LogP contribution in [0.4, 0.5) is 0 Å². The Balaban J connectivity index is 1.49. The van der Waals surface area contributed by atoms with Crippen LogP contribution in [0.5, 0.6) is 5.75 Å². The van der Waals surface area contributed by atoms with Gasteiger partial charge >= 0.3 is 5.97 Å². The quantitative estimate of drug-likeness (QED) is 0.438. The monoisotopic (exact) mass is 457 g/mol. The average molecular weight is 458 g/mol. The number of esters is 1. The second-order valence-electron chi connectivity index (χ2n) is 8.90. The fourth-order valence-corrected chi connectivity index (χ4v) is 4.69. The highest BCUT2D eigenvalue weighted by Crippen LogP contribution is 2.42. The first-order chi connectivity index (χ1) is 16.5. The van der Waals surface area contributed by atoms with Gasteiger partial charge in [-0.1, -0.05) is 67.4 Å². The first-order valence-corrected chi connectivity index (χ1v) is 11.8. The second kappa shape index (κ2) is 10.6. The number of methoxy groups -OCH3 is 1. The molecule has 1 atom stereocenters. The molecule has 0 spiro atoms. The Hall–Kier alpha value is -3.60. The molecule has 1 N–H and O–H groups in total. The molecule has 176 valence electrons. The van der Waals surface area contributed by atoms with E-state index < -0.39 is 5.41 Å². The summed E-state index contributed by atoms with van der Waals surface area (Å²) < 4.78 is 10.8. The lowest BCUT2D eigenvalue weighted by Crippen LogP contribution is -2.43. The Kier molecular flexibility index (Phi) is 7.31. The highest BCUT2D eigenvalue weighted by Gasteiger charge is 2.43. The van der Waals surface area contributed by atoms with Gasteiger partial charge in [-0.3, -0.25) is 4.79 Å². The average Bonchev–Trinajstić information content (AvgIpc) is 3.39. The van der Waals surface area contributed by atoms with E-state index in [0.29, 0.717) is 12.2 Å². The molecule has 3 aromatic carbocycles. The number of nitrogens with one attached hydrogen (secondary N) is 1. The number of amides is 1. The molecule has 4 rings (SSSR count). The maximum Gasteiger partial charge on any atom is 0.337 e. The predicted molar refractivity (Wildman–Crippen MR) is 132 cm³/mol. The largest absolute Gasteiger partial charge is 0.489 e. The van der Waals surface area contributed by atoms with E-state index in [1.54, 1.807) is 12.1 Å². The normalized spacial score (nSPS) is 15.4. The smallest absolute Gasteiger partial charge is 0.337 e. The summed E-state index contributed by atoms with van der Waals surface area (Å²) in [5.41, 5.74) is 2.97. The summed E-state index contributed by atoms with van der Waals surface area (Å²) >= 11 is 0. The third-order valence-electron chi connectivity index (χ3n) is 6.71. The van der Waals surface area contributed by atoms with Crippen LogP contribution in [0.1, 0.15) is 65.7 Å². The van der Waals surface area contributed by atoms with Crippen LogP contribution in [0, 0.1) is 0 Å². The number of carbonyl (C=O) groups is 2. The standard InChI is InChI=1S/C29H31NO4/c1-21(23-13-15-24(16-14-23)27(31)33-2)30-28(32)29(17-6-7-18-29)25-11-8-12-26(19-25)34-20-22-9-4-3-5-10-22/h3-5,8-16,19,21H,6-7,17-18,20H2,1-2H3,(H,30,32)/t21-/m0/s1. The van der Waals surface area contributed by atoms with E-state index in [0.717, 1.165) is 48.1 Å². The molecule has 0 unspecified atom stereocenters. The molecule has 1 aliphatic rings. The molecular weight excluding hydrogens is 426 g/mol. The molecule has 0 heterocycles. The highest BCUT2D eigenvalue weighted by atomic mass is 16.5. The zero-order chi connectivity index (χ0) is 24.0. The number of hydrogen-bond donors (Lipinski definition) is 1.